The number of thiazole rings is 1. The molecule has 0 amide bonds. The predicted molar refractivity (Wildman–Crippen MR) is 99.3 cm³/mol. The minimum atomic E-state index is 0. The average molecular weight is 452 g/mol. The minimum Gasteiger partial charge on any atom is -1.00 e. The Kier molecular flexibility index (Phi) is 6.23. The van der Waals surface area contributed by atoms with Crippen molar-refractivity contribution in [3.8, 4) is 5.75 Å². The summed E-state index contributed by atoms with van der Waals surface area (Å²) in [6, 6.07) is 14.7. The molecular weight excluding hydrogens is 431 g/mol. The van der Waals surface area contributed by atoms with Gasteiger partial charge in [-0.3, -0.25) is 0 Å². The molecule has 0 fully saturated rings. The summed E-state index contributed by atoms with van der Waals surface area (Å²) in [5.41, 5.74) is 3.63. The number of anilines is 1. The summed E-state index contributed by atoms with van der Waals surface area (Å²) in [5.74, 6) is 0.897. The summed E-state index contributed by atoms with van der Waals surface area (Å²) in [7, 11) is 7.90. The number of ether oxygens (including phenoxy) is 1. The fourth-order valence-electron chi connectivity index (χ4n) is 2.48. The molecule has 3 aromatic rings. The molecule has 0 unspecified atom stereocenters. The number of benzene rings is 2. The van der Waals surface area contributed by atoms with Crippen molar-refractivity contribution in [3.63, 3.8) is 0 Å². The van der Waals surface area contributed by atoms with E-state index in [0.717, 1.165) is 5.75 Å². The number of rotatable bonds is 4. The maximum atomic E-state index is 5.31. The van der Waals surface area contributed by atoms with E-state index in [4.69, 9.17) is 4.74 Å². The Balaban J connectivity index is 0.00000208. The third-order valence-corrected chi connectivity index (χ3v) is 5.07. The number of nitrogens with zero attached hydrogens (tertiary/aromatic N) is 2. The Morgan fingerprint density at radius 3 is 2.38 bits per heavy atom. The van der Waals surface area contributed by atoms with E-state index in [9.17, 15) is 0 Å². The van der Waals surface area contributed by atoms with Gasteiger partial charge >= 0.3 is 0 Å². The van der Waals surface area contributed by atoms with Crippen molar-refractivity contribution < 1.29 is 33.3 Å². The summed E-state index contributed by atoms with van der Waals surface area (Å²) in [6.07, 6.45) is 4.32. The van der Waals surface area contributed by atoms with E-state index in [-0.39, 0.29) is 24.0 Å². The lowest BCUT2D eigenvalue weighted by atomic mass is 10.2. The van der Waals surface area contributed by atoms with Gasteiger partial charge in [-0.25, -0.2) is 0 Å². The summed E-state index contributed by atoms with van der Waals surface area (Å²) in [4.78, 5) is 2.10. The highest BCUT2D eigenvalue weighted by Gasteiger charge is 2.14. The van der Waals surface area contributed by atoms with E-state index >= 15 is 0 Å². The zero-order valence-electron chi connectivity index (χ0n) is 14.3. The number of methoxy groups -OCH3 is 1. The number of fused-ring (bicyclic) bond motifs is 1. The van der Waals surface area contributed by atoms with Crippen molar-refractivity contribution >= 4 is 39.4 Å². The molecule has 0 aliphatic carbocycles. The summed E-state index contributed by atoms with van der Waals surface area (Å²) in [5, 5.41) is 1.21. The van der Waals surface area contributed by atoms with Gasteiger partial charge in [0.25, 0.3) is 5.01 Å². The van der Waals surface area contributed by atoms with Crippen LogP contribution in [0.15, 0.2) is 42.5 Å². The average Bonchev–Trinajstić information content (AvgIpc) is 2.88. The molecule has 1 aromatic heterocycles. The Labute approximate surface area is 164 Å². The molecular formula is C19H21IN2OS. The first kappa shape index (κ1) is 18.7. The lowest BCUT2D eigenvalue weighted by Gasteiger charge is -2.11. The predicted octanol–water partition coefficient (Wildman–Crippen LogP) is 0.975. The van der Waals surface area contributed by atoms with Crippen molar-refractivity contribution in [2.24, 2.45) is 7.05 Å². The van der Waals surface area contributed by atoms with Crippen molar-refractivity contribution in [1.29, 1.82) is 0 Å². The number of aryl methyl sites for hydroxylation is 1. The molecule has 0 saturated heterocycles. The summed E-state index contributed by atoms with van der Waals surface area (Å²) < 4.78 is 8.75. The Morgan fingerprint density at radius 1 is 1.04 bits per heavy atom. The van der Waals surface area contributed by atoms with Crippen LogP contribution in [-0.2, 0) is 7.05 Å². The Bertz CT molecular complexity index is 854. The highest BCUT2D eigenvalue weighted by Crippen LogP contribution is 2.26. The van der Waals surface area contributed by atoms with E-state index in [1.54, 1.807) is 18.4 Å². The van der Waals surface area contributed by atoms with E-state index in [1.165, 1.54) is 26.5 Å². The topological polar surface area (TPSA) is 16.4 Å². The first-order valence-corrected chi connectivity index (χ1v) is 8.32. The zero-order chi connectivity index (χ0) is 16.4. The van der Waals surface area contributed by atoms with Crippen LogP contribution in [0.25, 0.3) is 22.4 Å². The molecule has 0 bridgehead atoms. The molecule has 0 aliphatic rings. The molecule has 126 valence electrons. The van der Waals surface area contributed by atoms with Gasteiger partial charge in [-0.15, -0.1) is 0 Å². The van der Waals surface area contributed by atoms with Gasteiger partial charge in [0.05, 0.1) is 7.11 Å². The van der Waals surface area contributed by atoms with Crippen LogP contribution in [0.5, 0.6) is 5.75 Å². The molecule has 0 atom stereocenters. The second-order valence-electron chi connectivity index (χ2n) is 5.65. The molecule has 0 N–H and O–H groups in total. The van der Waals surface area contributed by atoms with Crippen LogP contribution < -0.4 is 38.2 Å². The van der Waals surface area contributed by atoms with Gasteiger partial charge in [0, 0.05) is 38.0 Å². The lowest BCUT2D eigenvalue weighted by Crippen LogP contribution is -3.00. The Hall–Kier alpha value is -1.60. The molecule has 2 aromatic carbocycles. The smallest absolute Gasteiger partial charge is 0.262 e. The molecule has 5 heteroatoms. The minimum absolute atomic E-state index is 0. The molecule has 0 spiro atoms. The highest BCUT2D eigenvalue weighted by atomic mass is 127. The van der Waals surface area contributed by atoms with Gasteiger partial charge in [0.2, 0.25) is 5.52 Å². The number of aromatic nitrogens is 1. The third-order valence-electron chi connectivity index (χ3n) is 3.90. The van der Waals surface area contributed by atoms with Crippen molar-refractivity contribution in [2.45, 2.75) is 0 Å². The molecule has 24 heavy (non-hydrogen) atoms. The van der Waals surface area contributed by atoms with Crippen molar-refractivity contribution in [2.75, 3.05) is 26.1 Å². The molecule has 0 saturated carbocycles. The fraction of sp³-hybridized carbons (Fsp3) is 0.211. The van der Waals surface area contributed by atoms with Gasteiger partial charge in [0.1, 0.15) is 17.5 Å². The summed E-state index contributed by atoms with van der Waals surface area (Å²) in [6.45, 7) is 0. The number of halogens is 1. The lowest BCUT2D eigenvalue weighted by molar-refractivity contribution is -0.642. The second kappa shape index (κ2) is 7.98. The number of hydrogen-bond acceptors (Lipinski definition) is 3. The highest BCUT2D eigenvalue weighted by molar-refractivity contribution is 7.18. The van der Waals surface area contributed by atoms with Gasteiger partial charge in [-0.05, 0) is 29.8 Å². The zero-order valence-corrected chi connectivity index (χ0v) is 17.3. The van der Waals surface area contributed by atoms with Crippen molar-refractivity contribution in [3.05, 3.63) is 53.0 Å². The van der Waals surface area contributed by atoms with Gasteiger partial charge in [-0.2, -0.15) is 4.57 Å². The first-order chi connectivity index (χ1) is 11.1. The third kappa shape index (κ3) is 3.89. The molecule has 3 nitrogen and oxygen atoms in total. The van der Waals surface area contributed by atoms with E-state index in [2.05, 4.69) is 79.2 Å². The van der Waals surface area contributed by atoms with Gasteiger partial charge < -0.3 is 33.6 Å². The normalized spacial score (nSPS) is 10.8. The van der Waals surface area contributed by atoms with Crippen LogP contribution in [0.2, 0.25) is 0 Å². The maximum Gasteiger partial charge on any atom is 0.262 e. The Morgan fingerprint density at radius 2 is 1.75 bits per heavy atom. The van der Waals surface area contributed by atoms with E-state index < -0.39 is 0 Å². The quantitative estimate of drug-likeness (QED) is 0.434. The molecule has 0 aliphatic heterocycles. The monoisotopic (exact) mass is 452 g/mol. The SMILES string of the molecule is COc1ccc2c(c1)sc(/C=C/c1ccc(N(C)C)cc1)[n+]2C.[I-]. The first-order valence-electron chi connectivity index (χ1n) is 7.50. The standard InChI is InChI=1S/C19H21N2OS.HI/c1-20(2)15-8-5-14(6-9-15)7-12-19-21(3)17-11-10-16(22-4)13-18(17)23-19;/h5-13H,1-4H3;1H/q+1;/p-1. The van der Waals surface area contributed by atoms with Crippen molar-refractivity contribution in [1.82, 2.24) is 0 Å². The van der Waals surface area contributed by atoms with Gasteiger partial charge in [-0.1, -0.05) is 23.5 Å². The maximum absolute atomic E-state index is 5.31. The molecule has 0 radical (unpaired) electrons. The number of hydrogen-bond donors (Lipinski definition) is 0. The van der Waals surface area contributed by atoms with Crippen LogP contribution in [-0.4, -0.2) is 21.2 Å². The van der Waals surface area contributed by atoms with Crippen LogP contribution in [0.1, 0.15) is 10.6 Å². The van der Waals surface area contributed by atoms with E-state index in [0.29, 0.717) is 0 Å². The van der Waals surface area contributed by atoms with Crippen LogP contribution in [0.3, 0.4) is 0 Å². The summed E-state index contributed by atoms with van der Waals surface area (Å²) >= 11 is 1.77. The van der Waals surface area contributed by atoms with Gasteiger partial charge in [0.15, 0.2) is 0 Å². The molecule has 1 heterocycles. The van der Waals surface area contributed by atoms with Crippen LogP contribution >= 0.6 is 11.3 Å². The largest absolute Gasteiger partial charge is 1.00 e. The van der Waals surface area contributed by atoms with Crippen LogP contribution in [0, 0.1) is 0 Å². The van der Waals surface area contributed by atoms with E-state index in [1.807, 2.05) is 6.07 Å². The second-order valence-corrected chi connectivity index (χ2v) is 6.71. The van der Waals surface area contributed by atoms with Crippen LogP contribution in [0.4, 0.5) is 5.69 Å². The molecule has 3 rings (SSSR count). The fourth-order valence-corrected chi connectivity index (χ4v) is 3.56.